The van der Waals surface area contributed by atoms with Crippen molar-refractivity contribution in [2.75, 3.05) is 5.32 Å². The van der Waals surface area contributed by atoms with Crippen molar-refractivity contribution in [3.8, 4) is 0 Å². The van der Waals surface area contributed by atoms with Crippen LogP contribution >= 0.6 is 0 Å². The smallest absolute Gasteiger partial charge is 0.410 e. The third kappa shape index (κ3) is 2.15. The topological polar surface area (TPSA) is 67.1 Å². The van der Waals surface area contributed by atoms with E-state index in [-0.39, 0.29) is 29.9 Å². The van der Waals surface area contributed by atoms with Crippen LogP contribution in [0.4, 0.5) is 19.0 Å². The lowest BCUT2D eigenvalue weighted by molar-refractivity contribution is -0.174. The summed E-state index contributed by atoms with van der Waals surface area (Å²) in [6.07, 6.45) is -2.68. The summed E-state index contributed by atoms with van der Waals surface area (Å²) in [4.78, 5) is 10.8. The van der Waals surface area contributed by atoms with Gasteiger partial charge in [0.1, 0.15) is 5.82 Å². The fourth-order valence-electron chi connectivity index (χ4n) is 2.51. The summed E-state index contributed by atoms with van der Waals surface area (Å²) in [6, 6.07) is -0.838. The Labute approximate surface area is 106 Å². The zero-order valence-corrected chi connectivity index (χ0v) is 9.81. The van der Waals surface area contributed by atoms with Gasteiger partial charge in [-0.25, -0.2) is 9.48 Å². The lowest BCUT2D eigenvalue weighted by Crippen LogP contribution is -2.40. The number of fused-ring (bicyclic) bond motifs is 1. The number of nitrogens with one attached hydrogen (secondary N) is 1. The normalized spacial score (nSPS) is 26.7. The fraction of sp³-hybridized carbons (Fsp3) is 0.636. The van der Waals surface area contributed by atoms with E-state index in [0.717, 1.165) is 23.6 Å². The molecule has 1 aromatic rings. The molecule has 1 fully saturated rings. The maximum atomic E-state index is 13.1. The molecule has 104 valence electrons. The second-order valence-electron chi connectivity index (χ2n) is 5.05. The van der Waals surface area contributed by atoms with Gasteiger partial charge in [0.25, 0.3) is 0 Å². The van der Waals surface area contributed by atoms with Crippen molar-refractivity contribution >= 4 is 11.8 Å². The monoisotopic (exact) mass is 275 g/mol. The predicted molar refractivity (Wildman–Crippen MR) is 59.0 cm³/mol. The van der Waals surface area contributed by atoms with E-state index in [2.05, 4.69) is 10.4 Å². The summed E-state index contributed by atoms with van der Waals surface area (Å²) in [5, 5.41) is 15.3. The van der Waals surface area contributed by atoms with Gasteiger partial charge in [-0.1, -0.05) is 0 Å². The second kappa shape index (κ2) is 3.88. The number of aromatic nitrogens is 2. The van der Waals surface area contributed by atoms with Crippen LogP contribution in [0.2, 0.25) is 0 Å². The molecule has 5 nitrogen and oxygen atoms in total. The number of alkyl halides is 3. The Morgan fingerprint density at radius 2 is 2.16 bits per heavy atom. The van der Waals surface area contributed by atoms with Crippen molar-refractivity contribution in [3.63, 3.8) is 0 Å². The Hall–Kier alpha value is -1.73. The quantitative estimate of drug-likeness (QED) is 0.869. The van der Waals surface area contributed by atoms with Crippen LogP contribution in [0.1, 0.15) is 35.8 Å². The van der Waals surface area contributed by atoms with Gasteiger partial charge in [-0.2, -0.15) is 18.3 Å². The molecule has 0 aromatic carbocycles. The fourth-order valence-corrected chi connectivity index (χ4v) is 2.51. The Morgan fingerprint density at radius 1 is 1.47 bits per heavy atom. The van der Waals surface area contributed by atoms with Crippen LogP contribution in [0, 0.1) is 5.92 Å². The highest BCUT2D eigenvalue weighted by Gasteiger charge is 2.49. The molecule has 1 aliphatic heterocycles. The van der Waals surface area contributed by atoms with Crippen LogP contribution < -0.4 is 5.32 Å². The Kier molecular flexibility index (Phi) is 2.51. The number of carboxylic acids is 1. The van der Waals surface area contributed by atoms with Crippen molar-refractivity contribution in [3.05, 3.63) is 11.8 Å². The SMILES string of the molecule is O=C(O)c1cc2n(n1)[C@@H](C(F)(F)F)C[C@H](C1CC1)N2. The van der Waals surface area contributed by atoms with E-state index in [0.29, 0.717) is 0 Å². The zero-order valence-electron chi connectivity index (χ0n) is 9.81. The first-order valence-electron chi connectivity index (χ1n) is 6.02. The minimum atomic E-state index is -4.42. The van der Waals surface area contributed by atoms with Crippen LogP contribution in [0.5, 0.6) is 0 Å². The number of rotatable bonds is 2. The summed E-state index contributed by atoms with van der Waals surface area (Å²) in [6.45, 7) is 0. The number of nitrogens with zero attached hydrogens (tertiary/aromatic N) is 2. The lowest BCUT2D eigenvalue weighted by atomic mass is 10.0. The van der Waals surface area contributed by atoms with Crippen molar-refractivity contribution < 1.29 is 23.1 Å². The predicted octanol–water partition coefficient (Wildman–Crippen LogP) is 2.28. The molecule has 3 rings (SSSR count). The number of anilines is 1. The number of hydrogen-bond donors (Lipinski definition) is 2. The Balaban J connectivity index is 1.99. The van der Waals surface area contributed by atoms with Gasteiger partial charge in [0.15, 0.2) is 11.7 Å². The van der Waals surface area contributed by atoms with Crippen molar-refractivity contribution in [1.29, 1.82) is 0 Å². The van der Waals surface area contributed by atoms with Gasteiger partial charge in [0.2, 0.25) is 0 Å². The average molecular weight is 275 g/mol. The molecule has 0 amide bonds. The minimum absolute atomic E-state index is 0.0953. The summed E-state index contributed by atoms with van der Waals surface area (Å²) >= 11 is 0. The summed E-state index contributed by atoms with van der Waals surface area (Å²) in [7, 11) is 0. The first kappa shape index (κ1) is 12.3. The van der Waals surface area contributed by atoms with E-state index in [1.807, 2.05) is 0 Å². The molecule has 0 unspecified atom stereocenters. The molecule has 2 heterocycles. The van der Waals surface area contributed by atoms with E-state index < -0.39 is 18.2 Å². The van der Waals surface area contributed by atoms with E-state index in [4.69, 9.17) is 5.11 Å². The molecule has 0 spiro atoms. The first-order chi connectivity index (χ1) is 8.86. The van der Waals surface area contributed by atoms with Gasteiger partial charge in [0.05, 0.1) is 0 Å². The number of hydrogen-bond acceptors (Lipinski definition) is 3. The number of carboxylic acid groups (broad SMARTS) is 1. The molecule has 1 aromatic heterocycles. The first-order valence-corrected chi connectivity index (χ1v) is 6.02. The Bertz CT molecular complexity index is 522. The van der Waals surface area contributed by atoms with E-state index >= 15 is 0 Å². The van der Waals surface area contributed by atoms with Gasteiger partial charge in [-0.3, -0.25) is 0 Å². The highest BCUT2D eigenvalue weighted by molar-refractivity contribution is 5.86. The van der Waals surface area contributed by atoms with Gasteiger partial charge >= 0.3 is 12.1 Å². The average Bonchev–Trinajstić information content (AvgIpc) is 3.05. The summed E-state index contributed by atoms with van der Waals surface area (Å²) in [5.41, 5.74) is -0.367. The van der Waals surface area contributed by atoms with Gasteiger partial charge < -0.3 is 10.4 Å². The third-order valence-electron chi connectivity index (χ3n) is 3.63. The molecule has 0 radical (unpaired) electrons. The van der Waals surface area contributed by atoms with Gasteiger partial charge in [0, 0.05) is 12.1 Å². The molecule has 1 aliphatic carbocycles. The van der Waals surface area contributed by atoms with Crippen LogP contribution in [0.25, 0.3) is 0 Å². The van der Waals surface area contributed by atoms with Crippen LogP contribution in [-0.4, -0.2) is 33.1 Å². The Morgan fingerprint density at radius 3 is 2.68 bits per heavy atom. The molecule has 1 saturated carbocycles. The van der Waals surface area contributed by atoms with E-state index in [1.54, 1.807) is 0 Å². The number of aromatic carboxylic acids is 1. The standard InChI is InChI=1S/C11H12F3N3O2/c12-11(13,14)8-3-6(5-1-2-5)15-9-4-7(10(18)19)16-17(8)9/h4-6,8,15H,1-3H2,(H,18,19)/t6-,8-/m1/s1. The summed E-state index contributed by atoms with van der Waals surface area (Å²) < 4.78 is 39.9. The summed E-state index contributed by atoms with van der Waals surface area (Å²) in [5.74, 6) is -0.933. The molecule has 0 bridgehead atoms. The molecule has 19 heavy (non-hydrogen) atoms. The van der Waals surface area contributed by atoms with Crippen molar-refractivity contribution in [1.82, 2.24) is 9.78 Å². The molecular formula is C11H12F3N3O2. The molecule has 0 saturated heterocycles. The van der Waals surface area contributed by atoms with E-state index in [1.165, 1.54) is 0 Å². The molecule has 2 N–H and O–H groups in total. The molecule has 2 atom stereocenters. The number of halogens is 3. The van der Waals surface area contributed by atoms with Crippen molar-refractivity contribution in [2.45, 2.75) is 37.5 Å². The molecule has 2 aliphatic rings. The van der Waals surface area contributed by atoms with Gasteiger partial charge in [-0.15, -0.1) is 0 Å². The highest BCUT2D eigenvalue weighted by atomic mass is 19.4. The number of carbonyl (C=O) groups is 1. The minimum Gasteiger partial charge on any atom is -0.476 e. The maximum absolute atomic E-state index is 13.1. The van der Waals surface area contributed by atoms with Crippen LogP contribution in [0.15, 0.2) is 6.07 Å². The van der Waals surface area contributed by atoms with Crippen LogP contribution in [-0.2, 0) is 0 Å². The lowest BCUT2D eigenvalue weighted by Gasteiger charge is -2.33. The van der Waals surface area contributed by atoms with Crippen molar-refractivity contribution in [2.24, 2.45) is 5.92 Å². The molecular weight excluding hydrogens is 263 g/mol. The zero-order chi connectivity index (χ0) is 13.8. The largest absolute Gasteiger partial charge is 0.476 e. The van der Waals surface area contributed by atoms with Gasteiger partial charge in [-0.05, 0) is 25.2 Å². The van der Waals surface area contributed by atoms with E-state index in [9.17, 15) is 18.0 Å². The maximum Gasteiger partial charge on any atom is 0.410 e. The second-order valence-corrected chi connectivity index (χ2v) is 5.05. The van der Waals surface area contributed by atoms with Crippen LogP contribution in [0.3, 0.4) is 0 Å². The highest BCUT2D eigenvalue weighted by Crippen LogP contribution is 2.45. The molecule has 8 heteroatoms. The third-order valence-corrected chi connectivity index (χ3v) is 3.63.